The first-order valence-electron chi connectivity index (χ1n) is 8.32. The molecule has 0 saturated carbocycles. The lowest BCUT2D eigenvalue weighted by atomic mass is 10.1. The van der Waals surface area contributed by atoms with Crippen molar-refractivity contribution in [1.82, 2.24) is 15.2 Å². The van der Waals surface area contributed by atoms with Crippen molar-refractivity contribution in [1.29, 1.82) is 0 Å². The molecule has 0 N–H and O–H groups in total. The summed E-state index contributed by atoms with van der Waals surface area (Å²) in [7, 11) is 0. The van der Waals surface area contributed by atoms with Crippen LogP contribution in [0.2, 0.25) is 0 Å². The van der Waals surface area contributed by atoms with Gasteiger partial charge in [-0.2, -0.15) is 0 Å². The molecule has 0 aliphatic rings. The number of para-hydroxylation sites is 1. The molecule has 130 valence electrons. The molecule has 0 saturated heterocycles. The van der Waals surface area contributed by atoms with Crippen LogP contribution in [-0.2, 0) is 0 Å². The summed E-state index contributed by atoms with van der Waals surface area (Å²) in [5, 5.41) is 11.6. The number of fused-ring (bicyclic) bond motifs is 1. The van der Waals surface area contributed by atoms with Gasteiger partial charge in [0.2, 0.25) is 11.8 Å². The molecule has 3 heterocycles. The number of hydrogen-bond acceptors (Lipinski definition) is 5. The molecule has 0 amide bonds. The molecule has 4 nitrogen and oxygen atoms in total. The van der Waals surface area contributed by atoms with Crippen LogP contribution in [0.15, 0.2) is 81.0 Å². The van der Waals surface area contributed by atoms with Crippen molar-refractivity contribution in [3.8, 4) is 33.5 Å². The summed E-state index contributed by atoms with van der Waals surface area (Å²) < 4.78 is 6.96. The number of halogens is 1. The van der Waals surface area contributed by atoms with Crippen molar-refractivity contribution in [2.24, 2.45) is 0 Å². The van der Waals surface area contributed by atoms with E-state index in [1.165, 1.54) is 0 Å². The standard InChI is InChI=1S/C21H12BrN3OS/c22-16-8-3-1-7-14(16)20-24-25-21(26-20)15-12-18(19-10-5-11-27-19)23-17-9-4-2-6-13(15)17/h1-12H. The highest BCUT2D eigenvalue weighted by Crippen LogP contribution is 2.35. The summed E-state index contributed by atoms with van der Waals surface area (Å²) in [6, 6.07) is 21.9. The van der Waals surface area contributed by atoms with E-state index in [-0.39, 0.29) is 0 Å². The molecular formula is C21H12BrN3OS. The second-order valence-electron chi connectivity index (χ2n) is 5.94. The molecule has 0 aliphatic heterocycles. The van der Waals surface area contributed by atoms with Gasteiger partial charge in [-0.25, -0.2) is 4.98 Å². The van der Waals surface area contributed by atoms with Gasteiger partial charge in [0.15, 0.2) is 0 Å². The highest BCUT2D eigenvalue weighted by Gasteiger charge is 2.17. The van der Waals surface area contributed by atoms with Crippen LogP contribution in [0.25, 0.3) is 44.4 Å². The van der Waals surface area contributed by atoms with Crippen LogP contribution in [0.3, 0.4) is 0 Å². The van der Waals surface area contributed by atoms with Crippen LogP contribution < -0.4 is 0 Å². The summed E-state index contributed by atoms with van der Waals surface area (Å²) in [5.74, 6) is 0.966. The monoisotopic (exact) mass is 433 g/mol. The Bertz CT molecular complexity index is 1250. The number of pyridine rings is 1. The van der Waals surface area contributed by atoms with Crippen LogP contribution >= 0.6 is 27.3 Å². The zero-order valence-electron chi connectivity index (χ0n) is 14.0. The van der Waals surface area contributed by atoms with E-state index in [4.69, 9.17) is 9.40 Å². The molecule has 0 radical (unpaired) electrons. The minimum atomic E-state index is 0.482. The summed E-state index contributed by atoms with van der Waals surface area (Å²) in [5.41, 5.74) is 3.56. The molecule has 27 heavy (non-hydrogen) atoms. The summed E-state index contributed by atoms with van der Waals surface area (Å²) >= 11 is 5.20. The molecule has 0 bridgehead atoms. The SMILES string of the molecule is Brc1ccccc1-c1nnc(-c2cc(-c3cccs3)nc3ccccc23)o1. The van der Waals surface area contributed by atoms with E-state index < -0.39 is 0 Å². The summed E-state index contributed by atoms with van der Waals surface area (Å²) in [4.78, 5) is 5.90. The number of benzene rings is 2. The molecule has 6 heteroatoms. The highest BCUT2D eigenvalue weighted by atomic mass is 79.9. The van der Waals surface area contributed by atoms with E-state index in [9.17, 15) is 0 Å². The fraction of sp³-hybridized carbons (Fsp3) is 0. The van der Waals surface area contributed by atoms with Gasteiger partial charge in [-0.05, 0) is 51.6 Å². The lowest BCUT2D eigenvalue weighted by molar-refractivity contribution is 0.585. The van der Waals surface area contributed by atoms with Gasteiger partial charge in [0.25, 0.3) is 0 Å². The van der Waals surface area contributed by atoms with Crippen LogP contribution in [-0.4, -0.2) is 15.2 Å². The predicted molar refractivity (Wildman–Crippen MR) is 111 cm³/mol. The van der Waals surface area contributed by atoms with Gasteiger partial charge < -0.3 is 4.42 Å². The Kier molecular flexibility index (Phi) is 4.07. The van der Waals surface area contributed by atoms with Gasteiger partial charge >= 0.3 is 0 Å². The van der Waals surface area contributed by atoms with Crippen molar-refractivity contribution in [2.75, 3.05) is 0 Å². The van der Waals surface area contributed by atoms with Gasteiger partial charge in [0.1, 0.15) is 0 Å². The van der Waals surface area contributed by atoms with E-state index in [0.717, 1.165) is 37.1 Å². The van der Waals surface area contributed by atoms with Crippen molar-refractivity contribution in [3.05, 3.63) is 76.6 Å². The molecular weight excluding hydrogens is 422 g/mol. The third kappa shape index (κ3) is 2.97. The first-order chi connectivity index (χ1) is 13.3. The largest absolute Gasteiger partial charge is 0.416 e. The first kappa shape index (κ1) is 16.4. The molecule has 3 aromatic heterocycles. The van der Waals surface area contributed by atoms with Gasteiger partial charge in [0, 0.05) is 9.86 Å². The fourth-order valence-corrected chi connectivity index (χ4v) is 4.12. The third-order valence-electron chi connectivity index (χ3n) is 4.25. The number of hydrogen-bond donors (Lipinski definition) is 0. The van der Waals surface area contributed by atoms with Crippen LogP contribution in [0.5, 0.6) is 0 Å². The van der Waals surface area contributed by atoms with Crippen LogP contribution in [0.1, 0.15) is 0 Å². The van der Waals surface area contributed by atoms with E-state index in [2.05, 4.69) is 32.2 Å². The van der Waals surface area contributed by atoms with Crippen LogP contribution in [0, 0.1) is 0 Å². The number of nitrogens with zero attached hydrogens (tertiary/aromatic N) is 3. The molecule has 5 aromatic rings. The van der Waals surface area contributed by atoms with Gasteiger partial charge in [-0.15, -0.1) is 21.5 Å². The fourth-order valence-electron chi connectivity index (χ4n) is 2.98. The normalized spacial score (nSPS) is 11.1. The Balaban J connectivity index is 1.70. The van der Waals surface area contributed by atoms with E-state index >= 15 is 0 Å². The summed E-state index contributed by atoms with van der Waals surface area (Å²) in [6.07, 6.45) is 0. The Morgan fingerprint density at radius 2 is 1.59 bits per heavy atom. The maximum atomic E-state index is 6.04. The van der Waals surface area contributed by atoms with Crippen LogP contribution in [0.4, 0.5) is 0 Å². The molecule has 5 rings (SSSR count). The van der Waals surface area contributed by atoms with Gasteiger partial charge in [-0.1, -0.05) is 36.4 Å². The number of rotatable bonds is 3. The zero-order chi connectivity index (χ0) is 18.2. The minimum absolute atomic E-state index is 0.482. The van der Waals surface area contributed by atoms with Crippen molar-refractivity contribution in [2.45, 2.75) is 0 Å². The quantitative estimate of drug-likeness (QED) is 0.328. The third-order valence-corrected chi connectivity index (χ3v) is 5.83. The van der Waals surface area contributed by atoms with Gasteiger partial charge in [0.05, 0.1) is 27.2 Å². The van der Waals surface area contributed by atoms with E-state index in [1.54, 1.807) is 11.3 Å². The Morgan fingerprint density at radius 3 is 2.41 bits per heavy atom. The average molecular weight is 434 g/mol. The Labute approximate surface area is 167 Å². The maximum Gasteiger partial charge on any atom is 0.249 e. The van der Waals surface area contributed by atoms with E-state index in [0.29, 0.717) is 11.8 Å². The molecule has 0 fully saturated rings. The predicted octanol–water partition coefficient (Wildman–Crippen LogP) is 6.44. The maximum absolute atomic E-state index is 6.04. The second kappa shape index (κ2) is 6.72. The van der Waals surface area contributed by atoms with E-state index in [1.807, 2.05) is 66.0 Å². The minimum Gasteiger partial charge on any atom is -0.416 e. The van der Waals surface area contributed by atoms with Crippen molar-refractivity contribution < 1.29 is 4.42 Å². The smallest absolute Gasteiger partial charge is 0.249 e. The Hall–Kier alpha value is -2.83. The lowest BCUT2D eigenvalue weighted by Crippen LogP contribution is -1.88. The second-order valence-corrected chi connectivity index (χ2v) is 7.74. The lowest BCUT2D eigenvalue weighted by Gasteiger charge is -2.06. The highest BCUT2D eigenvalue weighted by molar-refractivity contribution is 9.10. The average Bonchev–Trinajstić information content (AvgIpc) is 3.40. The molecule has 2 aromatic carbocycles. The number of aromatic nitrogens is 3. The molecule has 0 aliphatic carbocycles. The first-order valence-corrected chi connectivity index (χ1v) is 9.99. The molecule has 0 unspecified atom stereocenters. The Morgan fingerprint density at radius 1 is 0.815 bits per heavy atom. The van der Waals surface area contributed by atoms with Crippen molar-refractivity contribution in [3.63, 3.8) is 0 Å². The molecule has 0 atom stereocenters. The number of thiophene rings is 1. The van der Waals surface area contributed by atoms with Gasteiger partial charge in [-0.3, -0.25) is 0 Å². The zero-order valence-corrected chi connectivity index (χ0v) is 16.4. The summed E-state index contributed by atoms with van der Waals surface area (Å²) in [6.45, 7) is 0. The molecule has 0 spiro atoms. The topological polar surface area (TPSA) is 51.8 Å². The van der Waals surface area contributed by atoms with Crippen molar-refractivity contribution >= 4 is 38.2 Å².